The Morgan fingerprint density at radius 2 is 1.85 bits per heavy atom. The smallest absolute Gasteiger partial charge is 0.191 e. The van der Waals surface area contributed by atoms with E-state index >= 15 is 0 Å². The highest BCUT2D eigenvalue weighted by Crippen LogP contribution is 2.50. The van der Waals surface area contributed by atoms with E-state index in [-0.39, 0.29) is 18.4 Å². The normalized spacial score (nSPS) is 20.0. The van der Waals surface area contributed by atoms with Crippen molar-refractivity contribution >= 4 is 16.7 Å². The number of unbranched alkanes of at least 4 members (excludes halogenated alkanes) is 2. The molecule has 5 atom stereocenters. The predicted molar refractivity (Wildman–Crippen MR) is 230 cm³/mol. The summed E-state index contributed by atoms with van der Waals surface area (Å²) in [5.74, 6) is 11.0. The molecule has 4 heterocycles. The minimum Gasteiger partial charge on any atom is -0.465 e. The number of aliphatic hydroxyl groups is 2. The summed E-state index contributed by atoms with van der Waals surface area (Å²) in [5.41, 5.74) is 13.1. The molecule has 9 nitrogen and oxygen atoms in total. The van der Waals surface area contributed by atoms with Crippen molar-refractivity contribution in [3.8, 4) is 35.4 Å². The number of aliphatic hydroxyl groups excluding tert-OH is 2. The van der Waals surface area contributed by atoms with Gasteiger partial charge in [0.1, 0.15) is 18.0 Å². The molecule has 1 fully saturated rings. The largest absolute Gasteiger partial charge is 0.465 e. The number of nitrogens with two attached hydrogens (primary N) is 1. The van der Waals surface area contributed by atoms with E-state index in [1.807, 2.05) is 54.7 Å². The molecule has 5 aromatic rings. The van der Waals surface area contributed by atoms with Crippen LogP contribution in [0.1, 0.15) is 123 Å². The van der Waals surface area contributed by atoms with E-state index in [4.69, 9.17) is 15.2 Å². The number of rotatable bonds is 14. The highest BCUT2D eigenvalue weighted by Gasteiger charge is 2.46. The molecule has 2 aromatic heterocycles. The quantitative estimate of drug-likeness (QED) is 0.0434. The molecule has 0 radical (unpaired) electrons. The van der Waals surface area contributed by atoms with E-state index in [0.29, 0.717) is 37.2 Å². The zero-order valence-corrected chi connectivity index (χ0v) is 34.0. The zero-order chi connectivity index (χ0) is 40.8. The van der Waals surface area contributed by atoms with E-state index in [0.717, 1.165) is 96.6 Å². The van der Waals surface area contributed by atoms with Gasteiger partial charge in [0.15, 0.2) is 17.7 Å². The fraction of sp³-hybridized carbons (Fsp3) is 0.420. The molecule has 306 valence electrons. The van der Waals surface area contributed by atoms with Crippen molar-refractivity contribution < 1.29 is 24.5 Å². The number of aryl methyl sites for hydroxylation is 1. The Morgan fingerprint density at radius 1 is 1.00 bits per heavy atom. The van der Waals surface area contributed by atoms with Crippen LogP contribution < -0.4 is 20.5 Å². The number of carbonyl (C=O) groups is 1. The Kier molecular flexibility index (Phi) is 12.6. The standard InChI is InChI=1S/C50H56N4O5/c1-2-3-5-12-39(55)30-40(56)16-13-35-14-20-46-47(27-35)59-49-43(50(24-26-58-46)22-8-9-23-50)18-19-45(57)41-17-15-36(48(51)52-25-21-34-10-6-4-7-11-34)28-37(41)29-38-31-53-44-33-54(49)32-42(38)44/h4,6-7,10-11,14-15,17,20,27-28,31-33,39,43,45,48-49,52-53,55,57H,2-3,5,8-9,12-13,16,21-23,25,29-30,51H2,1H3/t39-,43-,45+,48-,49-/m1/s1. The van der Waals surface area contributed by atoms with Crippen LogP contribution in [0.15, 0.2) is 85.3 Å². The van der Waals surface area contributed by atoms with Gasteiger partial charge in [0.25, 0.3) is 0 Å². The lowest BCUT2D eigenvalue weighted by atomic mass is 9.73. The fourth-order valence-electron chi connectivity index (χ4n) is 9.09. The predicted octanol–water partition coefficient (Wildman–Crippen LogP) is 8.34. The Hall–Kier alpha value is -5.29. The first-order valence-electron chi connectivity index (χ1n) is 21.5. The lowest BCUT2D eigenvalue weighted by Gasteiger charge is -2.35. The Labute approximate surface area is 347 Å². The zero-order valence-electron chi connectivity index (χ0n) is 34.0. The molecule has 1 spiro atoms. The summed E-state index contributed by atoms with van der Waals surface area (Å²) in [4.78, 5) is 16.4. The van der Waals surface area contributed by atoms with E-state index < -0.39 is 29.8 Å². The lowest BCUT2D eigenvalue weighted by molar-refractivity contribution is -0.121. The molecule has 9 heteroatoms. The second-order valence-electron chi connectivity index (χ2n) is 16.7. The lowest BCUT2D eigenvalue weighted by Crippen LogP contribution is -2.35. The summed E-state index contributed by atoms with van der Waals surface area (Å²) < 4.78 is 15.3. The van der Waals surface area contributed by atoms with Crippen LogP contribution in [0.3, 0.4) is 0 Å². The molecule has 59 heavy (non-hydrogen) atoms. The van der Waals surface area contributed by atoms with Gasteiger partial charge in [-0.2, -0.15) is 0 Å². The van der Waals surface area contributed by atoms with Crippen molar-refractivity contribution in [3.05, 3.63) is 119 Å². The summed E-state index contributed by atoms with van der Waals surface area (Å²) in [7, 11) is 0. The van der Waals surface area contributed by atoms with Gasteiger partial charge in [-0.25, -0.2) is 0 Å². The number of Topliss-reactive ketones (excluding diaryl/α,β-unsaturated/α-hetero) is 1. The minimum absolute atomic E-state index is 0.0475. The van der Waals surface area contributed by atoms with Crippen molar-refractivity contribution in [1.29, 1.82) is 0 Å². The average molecular weight is 793 g/mol. The summed E-state index contributed by atoms with van der Waals surface area (Å²) in [5, 5.41) is 26.9. The van der Waals surface area contributed by atoms with Crippen molar-refractivity contribution in [2.45, 2.75) is 115 Å². The number of nitrogens with zero attached hydrogens (tertiary/aromatic N) is 1. The number of benzene rings is 3. The molecule has 3 aromatic carbocycles. The van der Waals surface area contributed by atoms with Gasteiger partial charge in [-0.3, -0.25) is 10.1 Å². The number of fused-ring (bicyclic) bond motifs is 6. The van der Waals surface area contributed by atoms with Crippen molar-refractivity contribution in [3.63, 3.8) is 0 Å². The topological polar surface area (TPSA) is 135 Å². The molecular weight excluding hydrogens is 737 g/mol. The molecule has 0 unspecified atom stereocenters. The number of carbonyl (C=O) groups excluding carboxylic acids is 1. The Bertz CT molecular complexity index is 2370. The van der Waals surface area contributed by atoms with E-state index in [9.17, 15) is 15.0 Å². The molecule has 1 aliphatic carbocycles. The number of H-pyrrole nitrogens is 1. The molecule has 3 aliphatic rings. The molecule has 2 aliphatic heterocycles. The summed E-state index contributed by atoms with van der Waals surface area (Å²) in [6, 6.07) is 22.2. The SMILES string of the molecule is CCCCC[C@@H](O)CC(=O)CCc1ccc2c(c1)O[C@@H]1[C@@H](C#C[C@H](O)c3ccc([C@H](N)NCCc4ccccc4)cc3Cc3c[nH]c4cn1cc34)C1(C#CO2)CCCC1. The number of hydrogen-bond acceptors (Lipinski definition) is 7. The number of aromatic amines is 1. The maximum atomic E-state index is 12.9. The van der Waals surface area contributed by atoms with Crippen LogP contribution in [0.2, 0.25) is 0 Å². The van der Waals surface area contributed by atoms with Gasteiger partial charge >= 0.3 is 0 Å². The van der Waals surface area contributed by atoms with Gasteiger partial charge in [0.2, 0.25) is 0 Å². The Morgan fingerprint density at radius 3 is 2.68 bits per heavy atom. The molecule has 0 amide bonds. The third-order valence-electron chi connectivity index (χ3n) is 12.5. The first kappa shape index (κ1) is 40.5. The minimum atomic E-state index is -1.05. The van der Waals surface area contributed by atoms with E-state index in [2.05, 4.69) is 76.3 Å². The first-order chi connectivity index (χ1) is 28.8. The molecule has 6 N–H and O–H groups in total. The van der Waals surface area contributed by atoms with Crippen LogP contribution in [0.25, 0.3) is 10.9 Å². The van der Waals surface area contributed by atoms with Crippen LogP contribution in [-0.2, 0) is 24.1 Å². The van der Waals surface area contributed by atoms with Crippen LogP contribution in [0.4, 0.5) is 0 Å². The van der Waals surface area contributed by atoms with Gasteiger partial charge in [-0.1, -0.05) is 111 Å². The van der Waals surface area contributed by atoms with Crippen molar-refractivity contribution in [2.24, 2.45) is 17.1 Å². The van der Waals surface area contributed by atoms with Gasteiger partial charge in [0.05, 0.1) is 29.1 Å². The number of hydrogen-bond donors (Lipinski definition) is 5. The molecule has 2 bridgehead atoms. The van der Waals surface area contributed by atoms with E-state index in [1.54, 1.807) is 0 Å². The van der Waals surface area contributed by atoms with Crippen LogP contribution in [0.5, 0.6) is 11.5 Å². The second kappa shape index (κ2) is 18.3. The van der Waals surface area contributed by atoms with E-state index in [1.165, 1.54) is 5.56 Å². The van der Waals surface area contributed by atoms with Crippen molar-refractivity contribution in [2.75, 3.05) is 6.54 Å². The molecular formula is C50H56N4O5. The molecule has 0 saturated heterocycles. The monoisotopic (exact) mass is 792 g/mol. The summed E-state index contributed by atoms with van der Waals surface area (Å²) in [6.45, 7) is 2.86. The first-order valence-corrected chi connectivity index (χ1v) is 21.5. The number of aromatic nitrogens is 2. The fourth-order valence-corrected chi connectivity index (χ4v) is 9.09. The molecule has 1 saturated carbocycles. The number of ether oxygens (including phenoxy) is 2. The van der Waals surface area contributed by atoms with Gasteiger partial charge < -0.3 is 35.0 Å². The Balaban J connectivity index is 1.10. The maximum Gasteiger partial charge on any atom is 0.191 e. The number of ketones is 1. The maximum absolute atomic E-state index is 12.9. The highest BCUT2D eigenvalue weighted by molar-refractivity contribution is 5.83. The summed E-state index contributed by atoms with van der Waals surface area (Å²) in [6.07, 6.45) is 16.5. The third kappa shape index (κ3) is 9.30. The van der Waals surface area contributed by atoms with Crippen LogP contribution in [-0.4, -0.2) is 38.2 Å². The average Bonchev–Trinajstić information content (AvgIpc) is 3.99. The number of nitrogens with one attached hydrogen (secondary N) is 2. The highest BCUT2D eigenvalue weighted by atomic mass is 16.5. The third-order valence-corrected chi connectivity index (χ3v) is 12.5. The molecule has 8 rings (SSSR count). The second-order valence-corrected chi connectivity index (χ2v) is 16.7. The van der Waals surface area contributed by atoms with Crippen LogP contribution >= 0.6 is 0 Å². The van der Waals surface area contributed by atoms with Gasteiger partial charge in [-0.15, -0.1) is 0 Å². The van der Waals surface area contributed by atoms with Gasteiger partial charge in [0, 0.05) is 49.8 Å². The van der Waals surface area contributed by atoms with Crippen LogP contribution in [0, 0.1) is 35.2 Å². The summed E-state index contributed by atoms with van der Waals surface area (Å²) >= 11 is 0. The van der Waals surface area contributed by atoms with Gasteiger partial charge in [-0.05, 0) is 77.6 Å². The van der Waals surface area contributed by atoms with Crippen molar-refractivity contribution in [1.82, 2.24) is 14.9 Å².